The van der Waals surface area contributed by atoms with Gasteiger partial charge in [-0.25, -0.2) is 0 Å². The average molecular weight is 374 g/mol. The van der Waals surface area contributed by atoms with E-state index in [0.29, 0.717) is 44.5 Å². The molecule has 1 unspecified atom stereocenters. The molecule has 1 atom stereocenters. The van der Waals surface area contributed by atoms with E-state index in [-0.39, 0.29) is 23.7 Å². The number of imide groups is 1. The van der Waals surface area contributed by atoms with Gasteiger partial charge in [-0.1, -0.05) is 0 Å². The van der Waals surface area contributed by atoms with Gasteiger partial charge >= 0.3 is 5.97 Å². The summed E-state index contributed by atoms with van der Waals surface area (Å²) in [5, 5.41) is 10.8. The van der Waals surface area contributed by atoms with Crippen LogP contribution in [0.3, 0.4) is 0 Å². The topological polar surface area (TPSA) is 101 Å². The molecule has 2 saturated heterocycles. The molecule has 0 aromatic carbocycles. The SMILES string of the molecule is CC(C)(C)OC(=O)C1CCN(c2ccc(C3CCC(=O)NC3=O)nn2)CC1. The zero-order chi connectivity index (χ0) is 19.6. The van der Waals surface area contributed by atoms with Crippen molar-refractivity contribution >= 4 is 23.6 Å². The maximum Gasteiger partial charge on any atom is 0.309 e. The van der Waals surface area contributed by atoms with Gasteiger partial charge in [0.15, 0.2) is 5.82 Å². The van der Waals surface area contributed by atoms with Crippen LogP contribution in [-0.4, -0.2) is 46.7 Å². The van der Waals surface area contributed by atoms with Crippen molar-refractivity contribution in [3.8, 4) is 0 Å². The molecule has 0 saturated carbocycles. The second kappa shape index (κ2) is 7.62. The molecule has 0 bridgehead atoms. The summed E-state index contributed by atoms with van der Waals surface area (Å²) in [6, 6.07) is 3.64. The lowest BCUT2D eigenvalue weighted by Gasteiger charge is -2.33. The van der Waals surface area contributed by atoms with Gasteiger partial charge in [0.05, 0.1) is 17.5 Å². The Balaban J connectivity index is 1.57. The Labute approximate surface area is 158 Å². The van der Waals surface area contributed by atoms with Gasteiger partial charge in [0.2, 0.25) is 11.8 Å². The maximum atomic E-state index is 12.2. The van der Waals surface area contributed by atoms with Gasteiger partial charge < -0.3 is 9.64 Å². The summed E-state index contributed by atoms with van der Waals surface area (Å²) >= 11 is 0. The van der Waals surface area contributed by atoms with Crippen molar-refractivity contribution in [3.05, 3.63) is 17.8 Å². The van der Waals surface area contributed by atoms with E-state index in [2.05, 4.69) is 20.4 Å². The maximum absolute atomic E-state index is 12.2. The van der Waals surface area contributed by atoms with Crippen LogP contribution in [0.15, 0.2) is 12.1 Å². The highest BCUT2D eigenvalue weighted by Gasteiger charge is 2.31. The third-order valence-corrected chi connectivity index (χ3v) is 4.83. The van der Waals surface area contributed by atoms with Crippen LogP contribution >= 0.6 is 0 Å². The molecule has 2 aliphatic heterocycles. The number of hydrogen-bond acceptors (Lipinski definition) is 7. The monoisotopic (exact) mass is 374 g/mol. The summed E-state index contributed by atoms with van der Waals surface area (Å²) in [4.78, 5) is 37.5. The highest BCUT2D eigenvalue weighted by molar-refractivity contribution is 6.00. The van der Waals surface area contributed by atoms with E-state index in [1.165, 1.54) is 0 Å². The molecule has 3 heterocycles. The number of anilines is 1. The van der Waals surface area contributed by atoms with Gasteiger partial charge in [-0.15, -0.1) is 5.10 Å². The summed E-state index contributed by atoms with van der Waals surface area (Å²) in [5.41, 5.74) is 0.110. The number of rotatable bonds is 3. The van der Waals surface area contributed by atoms with Gasteiger partial charge in [0.1, 0.15) is 5.60 Å². The molecular formula is C19H26N4O4. The second-order valence-electron chi connectivity index (χ2n) is 8.11. The molecule has 1 aromatic rings. The van der Waals surface area contributed by atoms with E-state index >= 15 is 0 Å². The number of ether oxygens (including phenoxy) is 1. The first-order chi connectivity index (χ1) is 12.7. The van der Waals surface area contributed by atoms with Crippen LogP contribution < -0.4 is 10.2 Å². The quantitative estimate of drug-likeness (QED) is 0.633. The lowest BCUT2D eigenvalue weighted by Crippen LogP contribution is -2.40. The van der Waals surface area contributed by atoms with E-state index in [1.54, 1.807) is 6.07 Å². The first-order valence-electron chi connectivity index (χ1n) is 9.38. The molecule has 1 N–H and O–H groups in total. The van der Waals surface area contributed by atoms with E-state index < -0.39 is 11.5 Å². The summed E-state index contributed by atoms with van der Waals surface area (Å²) in [5.74, 6) is -0.478. The van der Waals surface area contributed by atoms with E-state index in [0.717, 1.165) is 5.82 Å². The highest BCUT2D eigenvalue weighted by Crippen LogP contribution is 2.26. The smallest absolute Gasteiger partial charge is 0.309 e. The van der Waals surface area contributed by atoms with E-state index in [4.69, 9.17) is 4.74 Å². The molecule has 8 heteroatoms. The largest absolute Gasteiger partial charge is 0.460 e. The number of carbonyl (C=O) groups is 3. The van der Waals surface area contributed by atoms with Crippen molar-refractivity contribution in [2.24, 2.45) is 5.92 Å². The summed E-state index contributed by atoms with van der Waals surface area (Å²) in [7, 11) is 0. The normalized spacial score (nSPS) is 21.7. The number of carbonyl (C=O) groups excluding carboxylic acids is 3. The molecule has 8 nitrogen and oxygen atoms in total. The molecule has 2 aliphatic rings. The molecule has 146 valence electrons. The third-order valence-electron chi connectivity index (χ3n) is 4.83. The van der Waals surface area contributed by atoms with Crippen LogP contribution in [0, 0.1) is 5.92 Å². The number of nitrogens with one attached hydrogen (secondary N) is 1. The first-order valence-corrected chi connectivity index (χ1v) is 9.38. The number of esters is 1. The number of nitrogens with zero attached hydrogens (tertiary/aromatic N) is 3. The molecule has 0 spiro atoms. The van der Waals surface area contributed by atoms with Crippen molar-refractivity contribution in [1.29, 1.82) is 0 Å². The van der Waals surface area contributed by atoms with E-state index in [9.17, 15) is 14.4 Å². The molecular weight excluding hydrogens is 348 g/mol. The minimum absolute atomic E-state index is 0.0869. The van der Waals surface area contributed by atoms with Crippen LogP contribution in [0.2, 0.25) is 0 Å². The second-order valence-corrected chi connectivity index (χ2v) is 8.11. The standard InChI is InChI=1S/C19H26N4O4/c1-19(2,3)27-18(26)12-8-10-23(11-9-12)15-6-5-14(21-22-15)13-4-7-16(24)20-17(13)25/h5-6,12-13H,4,7-11H2,1-3H3,(H,20,24,25). The van der Waals surface area contributed by atoms with Crippen molar-refractivity contribution in [3.63, 3.8) is 0 Å². The van der Waals surface area contributed by atoms with Crippen LogP contribution in [0.4, 0.5) is 5.82 Å². The Morgan fingerprint density at radius 1 is 1.15 bits per heavy atom. The van der Waals surface area contributed by atoms with Gasteiger partial charge in [-0.05, 0) is 52.2 Å². The zero-order valence-electron chi connectivity index (χ0n) is 16.0. The predicted molar refractivity (Wildman–Crippen MR) is 97.9 cm³/mol. The van der Waals surface area contributed by atoms with Crippen molar-refractivity contribution in [1.82, 2.24) is 15.5 Å². The average Bonchev–Trinajstić information content (AvgIpc) is 2.61. The van der Waals surface area contributed by atoms with Gasteiger partial charge in [0, 0.05) is 19.5 Å². The Hall–Kier alpha value is -2.51. The Morgan fingerprint density at radius 3 is 2.41 bits per heavy atom. The van der Waals surface area contributed by atoms with Gasteiger partial charge in [-0.3, -0.25) is 19.7 Å². The van der Waals surface area contributed by atoms with Crippen LogP contribution in [-0.2, 0) is 19.1 Å². The fraction of sp³-hybridized carbons (Fsp3) is 0.632. The predicted octanol–water partition coefficient (Wildman–Crippen LogP) is 1.55. The van der Waals surface area contributed by atoms with Crippen molar-refractivity contribution in [2.75, 3.05) is 18.0 Å². The lowest BCUT2D eigenvalue weighted by atomic mass is 9.94. The molecule has 2 amide bonds. The number of hydrogen-bond donors (Lipinski definition) is 1. The fourth-order valence-corrected chi connectivity index (χ4v) is 3.40. The number of amides is 2. The molecule has 0 radical (unpaired) electrons. The van der Waals surface area contributed by atoms with Crippen molar-refractivity contribution in [2.45, 2.75) is 58.0 Å². The minimum atomic E-state index is -0.467. The third kappa shape index (κ3) is 4.81. The number of piperidine rings is 2. The van der Waals surface area contributed by atoms with Gasteiger partial charge in [0.25, 0.3) is 0 Å². The Morgan fingerprint density at radius 2 is 1.85 bits per heavy atom. The lowest BCUT2D eigenvalue weighted by molar-refractivity contribution is -0.160. The van der Waals surface area contributed by atoms with Gasteiger partial charge in [-0.2, -0.15) is 5.10 Å². The molecule has 1 aromatic heterocycles. The summed E-state index contributed by atoms with van der Waals surface area (Å²) in [6.45, 7) is 7.03. The van der Waals surface area contributed by atoms with Crippen LogP contribution in [0.25, 0.3) is 0 Å². The van der Waals surface area contributed by atoms with Crippen LogP contribution in [0.5, 0.6) is 0 Å². The summed E-state index contributed by atoms with van der Waals surface area (Å²) < 4.78 is 5.47. The Kier molecular flexibility index (Phi) is 5.43. The fourth-order valence-electron chi connectivity index (χ4n) is 3.40. The molecule has 27 heavy (non-hydrogen) atoms. The molecule has 0 aliphatic carbocycles. The minimum Gasteiger partial charge on any atom is -0.460 e. The molecule has 2 fully saturated rings. The van der Waals surface area contributed by atoms with Crippen molar-refractivity contribution < 1.29 is 19.1 Å². The first kappa shape index (κ1) is 19.3. The Bertz CT molecular complexity index is 718. The van der Waals surface area contributed by atoms with Crippen LogP contribution in [0.1, 0.15) is 58.1 Å². The summed E-state index contributed by atoms with van der Waals surface area (Å²) in [6.07, 6.45) is 2.20. The highest BCUT2D eigenvalue weighted by atomic mass is 16.6. The molecule has 3 rings (SSSR count). The number of aromatic nitrogens is 2. The van der Waals surface area contributed by atoms with E-state index in [1.807, 2.05) is 26.8 Å². The zero-order valence-corrected chi connectivity index (χ0v) is 16.0.